The topological polar surface area (TPSA) is 104 Å². The molecular weight excluding hydrogens is 458 g/mol. The van der Waals surface area contributed by atoms with Gasteiger partial charge in [0.05, 0.1) is 6.61 Å². The molecule has 0 spiro atoms. The summed E-state index contributed by atoms with van der Waals surface area (Å²) in [6.07, 6.45) is 8.36. The molecule has 36 heavy (non-hydrogen) atoms. The van der Waals surface area contributed by atoms with Crippen LogP contribution in [0.1, 0.15) is 51.9 Å². The summed E-state index contributed by atoms with van der Waals surface area (Å²) in [6, 6.07) is 11.9. The SMILES string of the molecule is Cc1ccccc1/C=C/C(=O)c1cc(C)c(OCCCN2CCCC2)c(C)c1.O=C(O)/C=C/C(=O)O. The Hall–Kier alpha value is -3.71. The first-order chi connectivity index (χ1) is 17.2. The van der Waals surface area contributed by atoms with Crippen molar-refractivity contribution >= 4 is 23.8 Å². The number of aryl methyl sites for hydroxylation is 3. The second-order valence-electron chi connectivity index (χ2n) is 8.75. The van der Waals surface area contributed by atoms with Gasteiger partial charge in [0.15, 0.2) is 5.78 Å². The number of ketones is 1. The van der Waals surface area contributed by atoms with E-state index in [0.717, 1.165) is 47.6 Å². The number of nitrogens with zero attached hydrogens (tertiary/aromatic N) is 1. The summed E-state index contributed by atoms with van der Waals surface area (Å²) in [4.78, 5) is 34.2. The average Bonchev–Trinajstić information content (AvgIpc) is 3.35. The van der Waals surface area contributed by atoms with Crippen molar-refractivity contribution < 1.29 is 29.3 Å². The number of rotatable bonds is 10. The normalized spacial score (nSPS) is 13.5. The Morgan fingerprint density at radius 1 is 0.889 bits per heavy atom. The maximum absolute atomic E-state index is 12.6. The fraction of sp³-hybridized carbons (Fsp3) is 0.345. The molecule has 0 bridgehead atoms. The molecule has 2 N–H and O–H groups in total. The third-order valence-electron chi connectivity index (χ3n) is 5.78. The van der Waals surface area contributed by atoms with E-state index in [1.807, 2.05) is 63.2 Å². The zero-order valence-electron chi connectivity index (χ0n) is 21.2. The molecule has 0 radical (unpaired) electrons. The number of hydrogen-bond donors (Lipinski definition) is 2. The minimum absolute atomic E-state index is 0.0232. The third-order valence-corrected chi connectivity index (χ3v) is 5.78. The highest BCUT2D eigenvalue weighted by Gasteiger charge is 2.12. The van der Waals surface area contributed by atoms with Crippen LogP contribution < -0.4 is 4.74 Å². The van der Waals surface area contributed by atoms with Crippen LogP contribution in [0, 0.1) is 20.8 Å². The lowest BCUT2D eigenvalue weighted by Crippen LogP contribution is -2.22. The van der Waals surface area contributed by atoms with Gasteiger partial charge in [-0.3, -0.25) is 4.79 Å². The lowest BCUT2D eigenvalue weighted by molar-refractivity contribution is -0.134. The summed E-state index contributed by atoms with van der Waals surface area (Å²) in [5, 5.41) is 15.6. The standard InChI is InChI=1S/C25H31NO2.C4H4O4/c1-19-9-4-5-10-22(19)11-12-24(27)23-17-20(2)25(21(3)18-23)28-16-8-15-26-13-6-7-14-26;5-3(6)1-2-4(7)8/h4-5,9-12,17-18H,6-8,13-16H2,1-3H3;1-2H,(H,5,6)(H,7,8)/b12-11+;2-1+. The summed E-state index contributed by atoms with van der Waals surface area (Å²) in [5.74, 6) is -1.57. The predicted octanol–water partition coefficient (Wildman–Crippen LogP) is 5.08. The van der Waals surface area contributed by atoms with Crippen LogP contribution >= 0.6 is 0 Å². The Kier molecular flexibility index (Phi) is 11.6. The highest BCUT2D eigenvalue weighted by Crippen LogP contribution is 2.26. The molecule has 0 aromatic heterocycles. The smallest absolute Gasteiger partial charge is 0.328 e. The molecule has 2 aromatic rings. The molecule has 0 atom stereocenters. The first kappa shape index (κ1) is 28.5. The van der Waals surface area contributed by atoms with Gasteiger partial charge in [-0.2, -0.15) is 0 Å². The van der Waals surface area contributed by atoms with Gasteiger partial charge in [-0.15, -0.1) is 0 Å². The van der Waals surface area contributed by atoms with Crippen molar-refractivity contribution in [3.63, 3.8) is 0 Å². The lowest BCUT2D eigenvalue weighted by atomic mass is 10.0. The van der Waals surface area contributed by atoms with Gasteiger partial charge < -0.3 is 19.8 Å². The Balaban J connectivity index is 0.000000493. The van der Waals surface area contributed by atoms with Crippen molar-refractivity contribution in [2.24, 2.45) is 0 Å². The molecule has 1 aliphatic rings. The van der Waals surface area contributed by atoms with E-state index in [1.54, 1.807) is 6.08 Å². The largest absolute Gasteiger partial charge is 0.493 e. The minimum atomic E-state index is -1.26. The number of allylic oxidation sites excluding steroid dienone is 1. The highest BCUT2D eigenvalue weighted by molar-refractivity contribution is 6.07. The number of carbonyl (C=O) groups is 3. The van der Waals surface area contributed by atoms with Crippen molar-refractivity contribution in [2.45, 2.75) is 40.0 Å². The molecule has 0 saturated carbocycles. The highest BCUT2D eigenvalue weighted by atomic mass is 16.5. The fourth-order valence-corrected chi connectivity index (χ4v) is 3.97. The molecule has 2 aromatic carbocycles. The van der Waals surface area contributed by atoms with Crippen LogP contribution in [0.4, 0.5) is 0 Å². The number of carboxylic acids is 2. The Bertz CT molecular complexity index is 1070. The molecule has 1 heterocycles. The molecular formula is C29H35NO6. The van der Waals surface area contributed by atoms with Gasteiger partial charge in [0.2, 0.25) is 0 Å². The van der Waals surface area contributed by atoms with Gasteiger partial charge in [-0.1, -0.05) is 30.3 Å². The molecule has 1 saturated heterocycles. The predicted molar refractivity (Wildman–Crippen MR) is 141 cm³/mol. The molecule has 7 heteroatoms. The molecule has 1 fully saturated rings. The lowest BCUT2D eigenvalue weighted by Gasteiger charge is -2.16. The number of hydrogen-bond acceptors (Lipinski definition) is 5. The third kappa shape index (κ3) is 9.88. The van der Waals surface area contributed by atoms with Crippen LogP contribution in [0.25, 0.3) is 6.08 Å². The van der Waals surface area contributed by atoms with Gasteiger partial charge in [0, 0.05) is 24.3 Å². The maximum atomic E-state index is 12.6. The van der Waals surface area contributed by atoms with E-state index in [4.69, 9.17) is 14.9 Å². The number of carboxylic acid groups (broad SMARTS) is 2. The zero-order valence-corrected chi connectivity index (χ0v) is 21.2. The summed E-state index contributed by atoms with van der Waals surface area (Å²) in [6.45, 7) is 10.4. The van der Waals surface area contributed by atoms with Crippen LogP contribution in [0.3, 0.4) is 0 Å². The van der Waals surface area contributed by atoms with E-state index in [0.29, 0.717) is 17.7 Å². The summed E-state index contributed by atoms with van der Waals surface area (Å²) >= 11 is 0. The maximum Gasteiger partial charge on any atom is 0.328 e. The molecule has 192 valence electrons. The number of carbonyl (C=O) groups excluding carboxylic acids is 1. The van der Waals surface area contributed by atoms with Crippen LogP contribution in [-0.4, -0.2) is 59.1 Å². The summed E-state index contributed by atoms with van der Waals surface area (Å²) < 4.78 is 6.05. The first-order valence-corrected chi connectivity index (χ1v) is 12.1. The average molecular weight is 494 g/mol. The number of aliphatic carboxylic acids is 2. The van der Waals surface area contributed by atoms with E-state index in [-0.39, 0.29) is 5.78 Å². The van der Waals surface area contributed by atoms with E-state index in [9.17, 15) is 14.4 Å². The van der Waals surface area contributed by atoms with E-state index >= 15 is 0 Å². The van der Waals surface area contributed by atoms with Crippen molar-refractivity contribution in [3.8, 4) is 5.75 Å². The molecule has 0 unspecified atom stereocenters. The molecule has 0 amide bonds. The number of ether oxygens (including phenoxy) is 1. The van der Waals surface area contributed by atoms with E-state index < -0.39 is 11.9 Å². The molecule has 1 aliphatic heterocycles. The zero-order chi connectivity index (χ0) is 26.5. The summed E-state index contributed by atoms with van der Waals surface area (Å²) in [5.41, 5.74) is 4.99. The fourth-order valence-electron chi connectivity index (χ4n) is 3.97. The van der Waals surface area contributed by atoms with Crippen LogP contribution in [0.5, 0.6) is 5.75 Å². The van der Waals surface area contributed by atoms with Crippen molar-refractivity contribution in [2.75, 3.05) is 26.2 Å². The van der Waals surface area contributed by atoms with Crippen molar-refractivity contribution in [1.82, 2.24) is 4.90 Å². The minimum Gasteiger partial charge on any atom is -0.493 e. The summed E-state index contributed by atoms with van der Waals surface area (Å²) in [7, 11) is 0. The van der Waals surface area contributed by atoms with Crippen molar-refractivity contribution in [1.29, 1.82) is 0 Å². The van der Waals surface area contributed by atoms with Gasteiger partial charge in [0.25, 0.3) is 0 Å². The van der Waals surface area contributed by atoms with Crippen LogP contribution in [-0.2, 0) is 9.59 Å². The molecule has 3 rings (SSSR count). The monoisotopic (exact) mass is 493 g/mol. The number of likely N-dealkylation sites (tertiary alicyclic amines) is 1. The Labute approximate surface area is 212 Å². The van der Waals surface area contributed by atoms with E-state index in [2.05, 4.69) is 4.90 Å². The second kappa shape index (κ2) is 14.6. The Morgan fingerprint density at radius 3 is 2.03 bits per heavy atom. The molecule has 0 aliphatic carbocycles. The van der Waals surface area contributed by atoms with Crippen molar-refractivity contribution in [3.05, 3.63) is 82.4 Å². The van der Waals surface area contributed by atoms with Gasteiger partial charge >= 0.3 is 11.9 Å². The Morgan fingerprint density at radius 2 is 1.47 bits per heavy atom. The molecule has 7 nitrogen and oxygen atoms in total. The van der Waals surface area contributed by atoms with Gasteiger partial charge in [0.1, 0.15) is 5.75 Å². The van der Waals surface area contributed by atoms with Crippen LogP contribution in [0.2, 0.25) is 0 Å². The van der Waals surface area contributed by atoms with Gasteiger partial charge in [-0.25, -0.2) is 9.59 Å². The quantitative estimate of drug-likeness (QED) is 0.270. The first-order valence-electron chi connectivity index (χ1n) is 12.1. The van der Waals surface area contributed by atoms with Gasteiger partial charge in [-0.05, 0) is 93.6 Å². The van der Waals surface area contributed by atoms with E-state index in [1.165, 1.54) is 25.9 Å². The van der Waals surface area contributed by atoms with Crippen LogP contribution in [0.15, 0.2) is 54.6 Å². The number of benzene rings is 2. The second-order valence-corrected chi connectivity index (χ2v) is 8.75.